The van der Waals surface area contributed by atoms with Crippen LogP contribution in [0.25, 0.3) is 0 Å². The molecule has 0 fully saturated rings. The predicted molar refractivity (Wildman–Crippen MR) is 73.8 cm³/mol. The molecular weight excluding hydrogens is 222 g/mol. The van der Waals surface area contributed by atoms with Crippen LogP contribution >= 0.6 is 0 Å². The number of hydrazine groups is 1. The van der Waals surface area contributed by atoms with Crippen molar-refractivity contribution >= 4 is 0 Å². The Balaban J connectivity index is 2.02. The van der Waals surface area contributed by atoms with E-state index in [2.05, 4.69) is 47.7 Å². The number of nitrogens with one attached hydrogen (secondary N) is 1. The highest BCUT2D eigenvalue weighted by atomic mass is 15.2. The van der Waals surface area contributed by atoms with Crippen molar-refractivity contribution in [3.8, 4) is 0 Å². The molecule has 94 valence electrons. The molecule has 0 aliphatic carbocycles. The van der Waals surface area contributed by atoms with Gasteiger partial charge in [0.15, 0.2) is 0 Å². The van der Waals surface area contributed by atoms with Gasteiger partial charge < -0.3 is 0 Å². The number of nitrogens with two attached hydrogens (primary N) is 1. The zero-order valence-corrected chi connectivity index (χ0v) is 10.6. The Kier molecular flexibility index (Phi) is 4.45. The zero-order valence-electron chi connectivity index (χ0n) is 10.6. The minimum atomic E-state index is 0.185. The van der Waals surface area contributed by atoms with Crippen molar-refractivity contribution in [1.29, 1.82) is 0 Å². The third-order valence-electron chi connectivity index (χ3n) is 3.09. The van der Waals surface area contributed by atoms with Crippen LogP contribution in [0.2, 0.25) is 0 Å². The van der Waals surface area contributed by atoms with Crippen molar-refractivity contribution in [2.75, 3.05) is 0 Å². The van der Waals surface area contributed by atoms with Crippen LogP contribution in [0.1, 0.15) is 29.2 Å². The number of nitrogens with zero attached hydrogens (tertiary/aromatic N) is 1. The van der Waals surface area contributed by atoms with E-state index in [0.29, 0.717) is 0 Å². The SMILES string of the molecule is Cc1cccc(C(CCc2cccnc2)NN)c1. The molecule has 2 aromatic rings. The number of rotatable bonds is 5. The summed E-state index contributed by atoms with van der Waals surface area (Å²) >= 11 is 0. The van der Waals surface area contributed by atoms with Gasteiger partial charge in [0.1, 0.15) is 0 Å². The average Bonchev–Trinajstić information content (AvgIpc) is 2.41. The third kappa shape index (κ3) is 3.39. The van der Waals surface area contributed by atoms with Gasteiger partial charge in [-0.15, -0.1) is 0 Å². The molecule has 0 amide bonds. The van der Waals surface area contributed by atoms with Crippen LogP contribution in [0.4, 0.5) is 0 Å². The summed E-state index contributed by atoms with van der Waals surface area (Å²) < 4.78 is 0. The highest BCUT2D eigenvalue weighted by Crippen LogP contribution is 2.19. The van der Waals surface area contributed by atoms with Gasteiger partial charge in [-0.2, -0.15) is 0 Å². The molecule has 0 saturated heterocycles. The molecule has 18 heavy (non-hydrogen) atoms. The summed E-state index contributed by atoms with van der Waals surface area (Å²) in [6.45, 7) is 2.10. The van der Waals surface area contributed by atoms with Crippen molar-refractivity contribution in [3.05, 3.63) is 65.5 Å². The molecule has 1 aromatic heterocycles. The van der Waals surface area contributed by atoms with E-state index >= 15 is 0 Å². The van der Waals surface area contributed by atoms with Gasteiger partial charge in [0.2, 0.25) is 0 Å². The van der Waals surface area contributed by atoms with Crippen LogP contribution in [0.5, 0.6) is 0 Å². The topological polar surface area (TPSA) is 50.9 Å². The largest absolute Gasteiger partial charge is 0.271 e. The Hall–Kier alpha value is -1.71. The molecule has 0 saturated carbocycles. The van der Waals surface area contributed by atoms with Crippen LogP contribution in [-0.2, 0) is 6.42 Å². The van der Waals surface area contributed by atoms with Crippen molar-refractivity contribution in [1.82, 2.24) is 10.4 Å². The van der Waals surface area contributed by atoms with E-state index < -0.39 is 0 Å². The number of benzene rings is 1. The first-order valence-corrected chi connectivity index (χ1v) is 6.21. The number of hydrogen-bond donors (Lipinski definition) is 2. The second-order valence-electron chi connectivity index (χ2n) is 4.53. The molecule has 1 aromatic carbocycles. The van der Waals surface area contributed by atoms with Gasteiger partial charge in [-0.25, -0.2) is 0 Å². The first-order valence-electron chi connectivity index (χ1n) is 6.21. The number of hydrogen-bond acceptors (Lipinski definition) is 3. The van der Waals surface area contributed by atoms with Gasteiger partial charge in [0.25, 0.3) is 0 Å². The molecule has 0 aliphatic heterocycles. The number of aromatic nitrogens is 1. The molecule has 1 heterocycles. The molecule has 3 nitrogen and oxygen atoms in total. The van der Waals surface area contributed by atoms with Crippen molar-refractivity contribution in [3.63, 3.8) is 0 Å². The van der Waals surface area contributed by atoms with E-state index in [0.717, 1.165) is 12.8 Å². The summed E-state index contributed by atoms with van der Waals surface area (Å²) in [5.74, 6) is 5.65. The normalized spacial score (nSPS) is 12.3. The molecule has 0 bridgehead atoms. The summed E-state index contributed by atoms with van der Waals surface area (Å²) in [4.78, 5) is 4.12. The first kappa shape index (κ1) is 12.7. The molecule has 3 N–H and O–H groups in total. The van der Waals surface area contributed by atoms with Crippen molar-refractivity contribution in [2.45, 2.75) is 25.8 Å². The minimum Gasteiger partial charge on any atom is -0.271 e. The standard InChI is InChI=1S/C15H19N3/c1-12-4-2-6-14(10-12)15(18-16)8-7-13-5-3-9-17-11-13/h2-6,9-11,15,18H,7-8,16H2,1H3. The predicted octanol–water partition coefficient (Wildman–Crippen LogP) is 2.53. The lowest BCUT2D eigenvalue weighted by atomic mass is 9.99. The molecular formula is C15H19N3. The molecule has 2 rings (SSSR count). The maximum absolute atomic E-state index is 5.65. The lowest BCUT2D eigenvalue weighted by Gasteiger charge is -2.16. The molecule has 1 atom stereocenters. The Morgan fingerprint density at radius 1 is 1.28 bits per heavy atom. The van der Waals surface area contributed by atoms with Gasteiger partial charge in [-0.1, -0.05) is 35.9 Å². The molecule has 0 aliphatic rings. The third-order valence-corrected chi connectivity index (χ3v) is 3.09. The van der Waals surface area contributed by atoms with E-state index in [-0.39, 0.29) is 6.04 Å². The second-order valence-corrected chi connectivity index (χ2v) is 4.53. The van der Waals surface area contributed by atoms with Gasteiger partial charge in [-0.3, -0.25) is 16.3 Å². The van der Waals surface area contributed by atoms with Crippen molar-refractivity contribution in [2.24, 2.45) is 5.84 Å². The first-order chi connectivity index (χ1) is 8.79. The monoisotopic (exact) mass is 241 g/mol. The maximum Gasteiger partial charge on any atom is 0.0463 e. The molecule has 0 spiro atoms. The van der Waals surface area contributed by atoms with E-state index in [9.17, 15) is 0 Å². The van der Waals surface area contributed by atoms with Crippen LogP contribution in [0, 0.1) is 6.92 Å². The quantitative estimate of drug-likeness (QED) is 0.624. The summed E-state index contributed by atoms with van der Waals surface area (Å²) in [6.07, 6.45) is 5.63. The highest BCUT2D eigenvalue weighted by molar-refractivity contribution is 5.25. The van der Waals surface area contributed by atoms with Gasteiger partial charge in [0.05, 0.1) is 0 Å². The summed E-state index contributed by atoms with van der Waals surface area (Å²) in [5.41, 5.74) is 6.63. The lowest BCUT2D eigenvalue weighted by molar-refractivity contribution is 0.516. The van der Waals surface area contributed by atoms with Crippen LogP contribution < -0.4 is 11.3 Å². The van der Waals surface area contributed by atoms with Gasteiger partial charge in [0, 0.05) is 18.4 Å². The zero-order chi connectivity index (χ0) is 12.8. The average molecular weight is 241 g/mol. The lowest BCUT2D eigenvalue weighted by Crippen LogP contribution is -2.28. The Bertz CT molecular complexity index is 482. The summed E-state index contributed by atoms with van der Waals surface area (Å²) in [5, 5.41) is 0. The van der Waals surface area contributed by atoms with E-state index in [1.54, 1.807) is 6.20 Å². The maximum atomic E-state index is 5.65. The van der Waals surface area contributed by atoms with Gasteiger partial charge >= 0.3 is 0 Å². The number of aryl methyl sites for hydroxylation is 2. The van der Waals surface area contributed by atoms with E-state index in [4.69, 9.17) is 5.84 Å². The Labute approximate surface area is 108 Å². The summed E-state index contributed by atoms with van der Waals surface area (Å²) in [6, 6.07) is 12.7. The smallest absolute Gasteiger partial charge is 0.0463 e. The van der Waals surface area contributed by atoms with E-state index in [1.807, 2.05) is 12.3 Å². The van der Waals surface area contributed by atoms with Crippen LogP contribution in [0.3, 0.4) is 0 Å². The minimum absolute atomic E-state index is 0.185. The van der Waals surface area contributed by atoms with E-state index in [1.165, 1.54) is 16.7 Å². The molecule has 3 heteroatoms. The fourth-order valence-electron chi connectivity index (χ4n) is 2.09. The van der Waals surface area contributed by atoms with Crippen molar-refractivity contribution < 1.29 is 0 Å². The Morgan fingerprint density at radius 2 is 2.17 bits per heavy atom. The summed E-state index contributed by atoms with van der Waals surface area (Å²) in [7, 11) is 0. The fourth-order valence-corrected chi connectivity index (χ4v) is 2.09. The fraction of sp³-hybridized carbons (Fsp3) is 0.267. The van der Waals surface area contributed by atoms with Gasteiger partial charge in [-0.05, 0) is 37.0 Å². The number of pyridine rings is 1. The Morgan fingerprint density at radius 3 is 2.83 bits per heavy atom. The van der Waals surface area contributed by atoms with Crippen LogP contribution in [-0.4, -0.2) is 4.98 Å². The molecule has 1 unspecified atom stereocenters. The van der Waals surface area contributed by atoms with Crippen LogP contribution in [0.15, 0.2) is 48.8 Å². The molecule has 0 radical (unpaired) electrons. The second kappa shape index (κ2) is 6.28. The highest BCUT2D eigenvalue weighted by Gasteiger charge is 2.09.